The molecular formula is C13H17ClN2O3S. The summed E-state index contributed by atoms with van der Waals surface area (Å²) in [6, 6.07) is 3.87. The van der Waals surface area contributed by atoms with Crippen LogP contribution in [0, 0.1) is 0 Å². The first-order chi connectivity index (χ1) is 9.29. The van der Waals surface area contributed by atoms with E-state index in [2.05, 4.69) is 6.58 Å². The predicted molar refractivity (Wildman–Crippen MR) is 79.2 cm³/mol. The van der Waals surface area contributed by atoms with Gasteiger partial charge in [-0.25, -0.2) is 13.6 Å². The van der Waals surface area contributed by atoms with Gasteiger partial charge in [-0.1, -0.05) is 24.6 Å². The summed E-state index contributed by atoms with van der Waals surface area (Å²) in [5.41, 5.74) is 0.192. The standard InChI is InChI=1S/C13H17ClN2O3S/c1-3-5-16(6-4-2)13(17)10-7-11(14)9-12(8-10)20(15,18)19/h3,7-9H,1,4-6H2,2H3,(H2,15,18,19). The van der Waals surface area contributed by atoms with Crippen molar-refractivity contribution in [2.75, 3.05) is 13.1 Å². The van der Waals surface area contributed by atoms with Crippen molar-refractivity contribution in [2.24, 2.45) is 5.14 Å². The lowest BCUT2D eigenvalue weighted by Gasteiger charge is -2.20. The summed E-state index contributed by atoms with van der Waals surface area (Å²) in [6.07, 6.45) is 2.39. The molecule has 0 fully saturated rings. The van der Waals surface area contributed by atoms with Crippen molar-refractivity contribution in [1.82, 2.24) is 4.90 Å². The van der Waals surface area contributed by atoms with Gasteiger partial charge >= 0.3 is 0 Å². The summed E-state index contributed by atoms with van der Waals surface area (Å²) in [5.74, 6) is -0.306. The van der Waals surface area contributed by atoms with Crippen LogP contribution in [0.2, 0.25) is 5.02 Å². The molecule has 0 atom stereocenters. The molecule has 1 rings (SSSR count). The Bertz CT molecular complexity index is 614. The molecule has 20 heavy (non-hydrogen) atoms. The molecule has 110 valence electrons. The highest BCUT2D eigenvalue weighted by Crippen LogP contribution is 2.19. The Morgan fingerprint density at radius 2 is 2.10 bits per heavy atom. The third kappa shape index (κ3) is 4.33. The number of nitrogens with two attached hydrogens (primary N) is 1. The van der Waals surface area contributed by atoms with E-state index in [1.165, 1.54) is 18.2 Å². The molecule has 0 saturated carbocycles. The minimum Gasteiger partial charge on any atom is -0.335 e. The van der Waals surface area contributed by atoms with Crippen molar-refractivity contribution < 1.29 is 13.2 Å². The van der Waals surface area contributed by atoms with Crippen LogP contribution in [0.1, 0.15) is 23.7 Å². The van der Waals surface area contributed by atoms with Crippen LogP contribution >= 0.6 is 11.6 Å². The highest BCUT2D eigenvalue weighted by Gasteiger charge is 2.18. The molecule has 0 spiro atoms. The number of sulfonamides is 1. The molecule has 0 unspecified atom stereocenters. The Hall–Kier alpha value is -1.37. The monoisotopic (exact) mass is 316 g/mol. The van der Waals surface area contributed by atoms with Gasteiger partial charge in [-0.2, -0.15) is 0 Å². The lowest BCUT2D eigenvalue weighted by molar-refractivity contribution is 0.0773. The number of carbonyl (C=O) groups is 1. The molecule has 0 aliphatic carbocycles. The lowest BCUT2D eigenvalue weighted by atomic mass is 10.2. The summed E-state index contributed by atoms with van der Waals surface area (Å²) in [6.45, 7) is 6.46. The zero-order valence-corrected chi connectivity index (χ0v) is 12.7. The van der Waals surface area contributed by atoms with Crippen LogP contribution in [0.3, 0.4) is 0 Å². The molecule has 1 aromatic rings. The molecule has 0 radical (unpaired) electrons. The van der Waals surface area contributed by atoms with E-state index < -0.39 is 10.0 Å². The first-order valence-corrected chi connectivity index (χ1v) is 7.95. The fourth-order valence-corrected chi connectivity index (χ4v) is 2.62. The summed E-state index contributed by atoms with van der Waals surface area (Å²) < 4.78 is 22.7. The number of primary sulfonamides is 1. The average molecular weight is 317 g/mol. The molecule has 0 aliphatic heterocycles. The molecule has 0 aromatic heterocycles. The van der Waals surface area contributed by atoms with Crippen molar-refractivity contribution in [1.29, 1.82) is 0 Å². The maximum atomic E-state index is 12.3. The Balaban J connectivity index is 3.21. The van der Waals surface area contributed by atoms with E-state index in [4.69, 9.17) is 16.7 Å². The minimum absolute atomic E-state index is 0.148. The fraction of sp³-hybridized carbons (Fsp3) is 0.308. The number of halogens is 1. The topological polar surface area (TPSA) is 80.5 Å². The van der Waals surface area contributed by atoms with Crippen molar-refractivity contribution in [3.05, 3.63) is 41.4 Å². The Morgan fingerprint density at radius 1 is 1.45 bits per heavy atom. The smallest absolute Gasteiger partial charge is 0.254 e. The highest BCUT2D eigenvalue weighted by atomic mass is 35.5. The van der Waals surface area contributed by atoms with E-state index in [0.29, 0.717) is 13.1 Å². The Labute approximate surface area is 124 Å². The molecule has 1 aromatic carbocycles. The molecule has 0 heterocycles. The number of carbonyl (C=O) groups excluding carboxylic acids is 1. The van der Waals surface area contributed by atoms with Crippen molar-refractivity contribution >= 4 is 27.5 Å². The van der Waals surface area contributed by atoms with E-state index in [9.17, 15) is 13.2 Å². The molecule has 0 saturated heterocycles. The van der Waals surface area contributed by atoms with Gasteiger partial charge in [0, 0.05) is 23.7 Å². The number of rotatable bonds is 6. The van der Waals surface area contributed by atoms with Gasteiger partial charge in [0.25, 0.3) is 5.91 Å². The quantitative estimate of drug-likeness (QED) is 0.815. The van der Waals surface area contributed by atoms with E-state index in [0.717, 1.165) is 6.42 Å². The number of benzene rings is 1. The van der Waals surface area contributed by atoms with Crippen LogP contribution < -0.4 is 5.14 Å². The minimum atomic E-state index is -3.91. The van der Waals surface area contributed by atoms with Crippen LogP contribution in [-0.2, 0) is 10.0 Å². The fourth-order valence-electron chi connectivity index (χ4n) is 1.73. The van der Waals surface area contributed by atoms with E-state index in [1.54, 1.807) is 11.0 Å². The summed E-state index contributed by atoms with van der Waals surface area (Å²) >= 11 is 5.85. The second kappa shape index (κ2) is 6.88. The molecule has 7 heteroatoms. The van der Waals surface area contributed by atoms with E-state index in [-0.39, 0.29) is 21.4 Å². The van der Waals surface area contributed by atoms with Gasteiger partial charge in [0.15, 0.2) is 0 Å². The highest BCUT2D eigenvalue weighted by molar-refractivity contribution is 7.89. The maximum Gasteiger partial charge on any atom is 0.254 e. The normalized spacial score (nSPS) is 11.2. The molecule has 0 aliphatic rings. The first kappa shape index (κ1) is 16.7. The summed E-state index contributed by atoms with van der Waals surface area (Å²) in [5, 5.41) is 5.21. The Kier molecular flexibility index (Phi) is 5.74. The first-order valence-electron chi connectivity index (χ1n) is 6.03. The molecule has 5 nitrogen and oxygen atoms in total. The third-order valence-electron chi connectivity index (χ3n) is 2.58. The van der Waals surface area contributed by atoms with Crippen molar-refractivity contribution in [2.45, 2.75) is 18.2 Å². The third-order valence-corrected chi connectivity index (χ3v) is 3.69. The largest absolute Gasteiger partial charge is 0.335 e. The summed E-state index contributed by atoms with van der Waals surface area (Å²) in [7, 11) is -3.91. The SMILES string of the molecule is C=CCN(CCC)C(=O)c1cc(Cl)cc(S(N)(=O)=O)c1. The predicted octanol–water partition coefficient (Wildman–Crippen LogP) is 2.03. The van der Waals surface area contributed by atoms with Crippen molar-refractivity contribution in [3.8, 4) is 0 Å². The van der Waals surface area contributed by atoms with Gasteiger partial charge < -0.3 is 4.90 Å². The van der Waals surface area contributed by atoms with Crippen LogP contribution in [0.15, 0.2) is 35.7 Å². The van der Waals surface area contributed by atoms with Crippen LogP contribution in [0.25, 0.3) is 0 Å². The van der Waals surface area contributed by atoms with Crippen LogP contribution in [0.4, 0.5) is 0 Å². The zero-order chi connectivity index (χ0) is 15.3. The van der Waals surface area contributed by atoms with Gasteiger partial charge in [-0.15, -0.1) is 6.58 Å². The van der Waals surface area contributed by atoms with Gasteiger partial charge in [-0.05, 0) is 24.6 Å². The molecule has 1 amide bonds. The second-order valence-corrected chi connectivity index (χ2v) is 6.26. The molecular weight excluding hydrogens is 300 g/mol. The van der Waals surface area contributed by atoms with Gasteiger partial charge in [0.05, 0.1) is 4.90 Å². The number of amides is 1. The molecule has 0 bridgehead atoms. The molecule has 2 N–H and O–H groups in total. The number of nitrogens with zero attached hydrogens (tertiary/aromatic N) is 1. The van der Waals surface area contributed by atoms with Gasteiger partial charge in [-0.3, -0.25) is 4.79 Å². The van der Waals surface area contributed by atoms with Gasteiger partial charge in [0.1, 0.15) is 0 Å². The number of hydrogen-bond acceptors (Lipinski definition) is 3. The lowest BCUT2D eigenvalue weighted by Crippen LogP contribution is -2.32. The Morgan fingerprint density at radius 3 is 2.60 bits per heavy atom. The van der Waals surface area contributed by atoms with E-state index >= 15 is 0 Å². The average Bonchev–Trinajstić information content (AvgIpc) is 2.36. The zero-order valence-electron chi connectivity index (χ0n) is 11.2. The van der Waals surface area contributed by atoms with Gasteiger partial charge in [0.2, 0.25) is 10.0 Å². The van der Waals surface area contributed by atoms with Crippen LogP contribution in [-0.4, -0.2) is 32.3 Å². The maximum absolute atomic E-state index is 12.3. The second-order valence-electron chi connectivity index (χ2n) is 4.26. The number of hydrogen-bond donors (Lipinski definition) is 1. The van der Waals surface area contributed by atoms with E-state index in [1.807, 2.05) is 6.92 Å². The van der Waals surface area contributed by atoms with Crippen LogP contribution in [0.5, 0.6) is 0 Å². The summed E-state index contributed by atoms with van der Waals surface area (Å²) in [4.78, 5) is 13.7. The van der Waals surface area contributed by atoms with Crippen molar-refractivity contribution in [3.63, 3.8) is 0 Å².